The van der Waals surface area contributed by atoms with Crippen LogP contribution in [0.15, 0.2) is 0 Å². The lowest BCUT2D eigenvalue weighted by Gasteiger charge is -2.29. The first-order valence-corrected chi connectivity index (χ1v) is 7.57. The molecule has 106 valence electrons. The van der Waals surface area contributed by atoms with Crippen LogP contribution in [0.4, 0.5) is 5.13 Å². The Morgan fingerprint density at radius 1 is 1.42 bits per heavy atom. The second-order valence-electron chi connectivity index (χ2n) is 4.89. The van der Waals surface area contributed by atoms with E-state index in [2.05, 4.69) is 39.7 Å². The quantitative estimate of drug-likeness (QED) is 0.849. The molecular formula is C12H21N5OS. The van der Waals surface area contributed by atoms with Crippen LogP contribution in [-0.4, -0.2) is 53.7 Å². The van der Waals surface area contributed by atoms with Gasteiger partial charge in [0.1, 0.15) is 0 Å². The summed E-state index contributed by atoms with van der Waals surface area (Å²) in [4.78, 5) is 14.3. The summed E-state index contributed by atoms with van der Waals surface area (Å²) >= 11 is 1.31. The number of hydrogen-bond acceptors (Lipinski definition) is 6. The topological polar surface area (TPSA) is 70.1 Å². The van der Waals surface area contributed by atoms with Crippen molar-refractivity contribution in [3.8, 4) is 0 Å². The van der Waals surface area contributed by atoms with E-state index in [1.807, 2.05) is 0 Å². The van der Waals surface area contributed by atoms with Gasteiger partial charge in [0.05, 0.1) is 0 Å². The van der Waals surface area contributed by atoms with Gasteiger partial charge in [-0.1, -0.05) is 18.3 Å². The molecule has 7 heteroatoms. The Hall–Kier alpha value is -1.21. The summed E-state index contributed by atoms with van der Waals surface area (Å²) in [5.74, 6) is -0.100. The normalized spacial score (nSPS) is 17.4. The lowest BCUT2D eigenvalue weighted by molar-refractivity contribution is 0.0916. The number of piperidine rings is 1. The second kappa shape index (κ2) is 6.81. The Morgan fingerprint density at radius 3 is 2.84 bits per heavy atom. The predicted octanol–water partition coefficient (Wildman–Crippen LogP) is 1.18. The van der Waals surface area contributed by atoms with Crippen molar-refractivity contribution in [3.63, 3.8) is 0 Å². The highest BCUT2D eigenvalue weighted by atomic mass is 32.1. The predicted molar refractivity (Wildman–Crippen MR) is 76.7 cm³/mol. The van der Waals surface area contributed by atoms with E-state index < -0.39 is 0 Å². The lowest BCUT2D eigenvalue weighted by atomic mass is 10.1. The van der Waals surface area contributed by atoms with Crippen molar-refractivity contribution in [2.75, 3.05) is 32.0 Å². The van der Waals surface area contributed by atoms with Crippen molar-refractivity contribution in [1.29, 1.82) is 0 Å². The smallest absolute Gasteiger partial charge is 0.282 e. The fourth-order valence-corrected chi connectivity index (χ4v) is 2.69. The molecule has 1 aliphatic heterocycles. The van der Waals surface area contributed by atoms with Gasteiger partial charge in [0, 0.05) is 12.6 Å². The van der Waals surface area contributed by atoms with E-state index >= 15 is 0 Å². The van der Waals surface area contributed by atoms with Gasteiger partial charge in [-0.15, -0.1) is 10.2 Å². The van der Waals surface area contributed by atoms with Crippen LogP contribution in [0.5, 0.6) is 0 Å². The molecule has 1 saturated heterocycles. The largest absolute Gasteiger partial charge is 0.360 e. The van der Waals surface area contributed by atoms with Crippen LogP contribution < -0.4 is 10.6 Å². The standard InChI is InChI=1S/C12H21N5OS/c1-3-6-13-12-16-15-11(19-12)10(18)14-9-4-7-17(2)8-5-9/h9H,3-8H2,1-2H3,(H,13,16)(H,14,18). The molecule has 1 aromatic heterocycles. The number of nitrogens with one attached hydrogen (secondary N) is 2. The molecule has 0 radical (unpaired) electrons. The number of rotatable bonds is 5. The molecule has 1 fully saturated rings. The Morgan fingerprint density at radius 2 is 2.16 bits per heavy atom. The zero-order valence-corrected chi connectivity index (χ0v) is 12.3. The van der Waals surface area contributed by atoms with Crippen LogP contribution in [0, 0.1) is 0 Å². The number of anilines is 1. The van der Waals surface area contributed by atoms with Gasteiger partial charge in [-0.2, -0.15) is 0 Å². The van der Waals surface area contributed by atoms with E-state index in [0.29, 0.717) is 5.01 Å². The summed E-state index contributed by atoms with van der Waals surface area (Å²) in [5.41, 5.74) is 0. The number of hydrogen-bond donors (Lipinski definition) is 2. The van der Waals surface area contributed by atoms with Gasteiger partial charge in [-0.25, -0.2) is 0 Å². The summed E-state index contributed by atoms with van der Waals surface area (Å²) in [5, 5.41) is 15.2. The molecule has 0 spiro atoms. The van der Waals surface area contributed by atoms with E-state index in [0.717, 1.165) is 44.0 Å². The lowest BCUT2D eigenvalue weighted by Crippen LogP contribution is -2.43. The van der Waals surface area contributed by atoms with Gasteiger partial charge in [-0.3, -0.25) is 4.79 Å². The number of carbonyl (C=O) groups excluding carboxylic acids is 1. The average Bonchev–Trinajstić information content (AvgIpc) is 2.88. The molecule has 0 atom stereocenters. The third-order valence-corrected chi connectivity index (χ3v) is 4.08. The molecule has 2 N–H and O–H groups in total. The minimum absolute atomic E-state index is 0.100. The van der Waals surface area contributed by atoms with Crippen molar-refractivity contribution in [2.24, 2.45) is 0 Å². The van der Waals surface area contributed by atoms with Gasteiger partial charge in [-0.05, 0) is 39.4 Å². The summed E-state index contributed by atoms with van der Waals surface area (Å²) in [6.07, 6.45) is 3.03. The van der Waals surface area contributed by atoms with E-state index in [1.54, 1.807) is 0 Å². The van der Waals surface area contributed by atoms with Gasteiger partial charge < -0.3 is 15.5 Å². The molecule has 1 aliphatic rings. The van der Waals surface area contributed by atoms with Crippen molar-refractivity contribution in [2.45, 2.75) is 32.2 Å². The van der Waals surface area contributed by atoms with Crippen LogP contribution >= 0.6 is 11.3 Å². The van der Waals surface area contributed by atoms with Gasteiger partial charge in [0.15, 0.2) is 0 Å². The summed E-state index contributed by atoms with van der Waals surface area (Å²) in [7, 11) is 2.11. The van der Waals surface area contributed by atoms with E-state index in [4.69, 9.17) is 0 Å². The fraction of sp³-hybridized carbons (Fsp3) is 0.750. The molecule has 1 amide bonds. The fourth-order valence-electron chi connectivity index (χ4n) is 2.02. The van der Waals surface area contributed by atoms with Gasteiger partial charge in [0.25, 0.3) is 5.91 Å². The SMILES string of the molecule is CCCNc1nnc(C(=O)NC2CCN(C)CC2)s1. The maximum atomic E-state index is 12.0. The van der Waals surface area contributed by atoms with Crippen molar-refractivity contribution in [1.82, 2.24) is 20.4 Å². The van der Waals surface area contributed by atoms with Crippen molar-refractivity contribution in [3.05, 3.63) is 5.01 Å². The van der Waals surface area contributed by atoms with E-state index in [1.165, 1.54) is 11.3 Å². The summed E-state index contributed by atoms with van der Waals surface area (Å²) in [6.45, 7) is 5.00. The van der Waals surface area contributed by atoms with Crippen LogP contribution in [0.25, 0.3) is 0 Å². The molecule has 0 bridgehead atoms. The molecule has 0 aliphatic carbocycles. The van der Waals surface area contributed by atoms with Crippen LogP contribution in [-0.2, 0) is 0 Å². The Balaban J connectivity index is 1.84. The summed E-state index contributed by atoms with van der Waals surface area (Å²) in [6, 6.07) is 0.264. The Labute approximate surface area is 117 Å². The maximum absolute atomic E-state index is 12.0. The Bertz CT molecular complexity index is 414. The molecule has 2 heterocycles. The first-order valence-electron chi connectivity index (χ1n) is 6.76. The van der Waals surface area contributed by atoms with Crippen molar-refractivity contribution >= 4 is 22.4 Å². The number of likely N-dealkylation sites (tertiary alicyclic amines) is 1. The highest BCUT2D eigenvalue weighted by molar-refractivity contribution is 7.17. The first kappa shape index (κ1) is 14.2. The average molecular weight is 283 g/mol. The third kappa shape index (κ3) is 4.14. The van der Waals surface area contributed by atoms with Crippen LogP contribution in [0.2, 0.25) is 0 Å². The minimum Gasteiger partial charge on any atom is -0.360 e. The monoisotopic (exact) mass is 283 g/mol. The number of aromatic nitrogens is 2. The molecule has 2 rings (SSSR count). The van der Waals surface area contributed by atoms with Gasteiger partial charge in [0.2, 0.25) is 10.1 Å². The highest BCUT2D eigenvalue weighted by Gasteiger charge is 2.21. The highest BCUT2D eigenvalue weighted by Crippen LogP contribution is 2.16. The van der Waals surface area contributed by atoms with E-state index in [9.17, 15) is 4.79 Å². The van der Waals surface area contributed by atoms with Crippen molar-refractivity contribution < 1.29 is 4.79 Å². The molecule has 6 nitrogen and oxygen atoms in total. The maximum Gasteiger partial charge on any atom is 0.282 e. The zero-order valence-electron chi connectivity index (χ0n) is 11.5. The summed E-state index contributed by atoms with van der Waals surface area (Å²) < 4.78 is 0. The van der Waals surface area contributed by atoms with Crippen LogP contribution in [0.3, 0.4) is 0 Å². The third-order valence-electron chi connectivity index (χ3n) is 3.20. The van der Waals surface area contributed by atoms with Crippen LogP contribution in [0.1, 0.15) is 36.0 Å². The molecule has 0 aromatic carbocycles. The number of amides is 1. The molecular weight excluding hydrogens is 262 g/mol. The second-order valence-corrected chi connectivity index (χ2v) is 5.87. The molecule has 0 saturated carbocycles. The van der Waals surface area contributed by atoms with E-state index in [-0.39, 0.29) is 11.9 Å². The number of carbonyl (C=O) groups is 1. The minimum atomic E-state index is -0.100. The zero-order chi connectivity index (χ0) is 13.7. The molecule has 1 aromatic rings. The molecule has 0 unspecified atom stereocenters. The number of nitrogens with zero attached hydrogens (tertiary/aromatic N) is 3. The molecule has 19 heavy (non-hydrogen) atoms. The Kier molecular flexibility index (Phi) is 5.09. The van der Waals surface area contributed by atoms with Gasteiger partial charge >= 0.3 is 0 Å². The first-order chi connectivity index (χ1) is 9.19.